The number of carboxylic acid groups (broad SMARTS) is 1. The van der Waals surface area contributed by atoms with Crippen LogP contribution < -0.4 is 0 Å². The lowest BCUT2D eigenvalue weighted by Gasteiger charge is -2.16. The molecule has 0 bridgehead atoms. The zero-order valence-electron chi connectivity index (χ0n) is 9.32. The molecule has 0 saturated heterocycles. The molecule has 5 heteroatoms. The third-order valence-corrected chi connectivity index (χ3v) is 3.54. The van der Waals surface area contributed by atoms with Crippen LogP contribution >= 0.6 is 0 Å². The highest BCUT2D eigenvalue weighted by Gasteiger charge is 2.06. The van der Waals surface area contributed by atoms with Gasteiger partial charge in [0, 0.05) is 19.7 Å². The lowest BCUT2D eigenvalue weighted by Crippen LogP contribution is -2.27. The Hall–Kier alpha value is -0.553. The average Bonchev–Trinajstić information content (AvgIpc) is 2.17. The van der Waals surface area contributed by atoms with Gasteiger partial charge < -0.3 is 14.4 Å². The van der Waals surface area contributed by atoms with E-state index in [0.717, 1.165) is 18.9 Å². The molecule has 0 unspecified atom stereocenters. The van der Waals surface area contributed by atoms with Crippen LogP contribution in [0.15, 0.2) is 0 Å². The minimum Gasteiger partial charge on any atom is -0.465 e. The summed E-state index contributed by atoms with van der Waals surface area (Å²) in [5, 5.41) is 8.58. The van der Waals surface area contributed by atoms with Gasteiger partial charge in [-0.2, -0.15) is 0 Å². The molecule has 0 aromatic rings. The number of nitrogens with zero attached hydrogens (tertiary/aromatic N) is 1. The van der Waals surface area contributed by atoms with Crippen molar-refractivity contribution < 1.29 is 14.3 Å². The number of rotatable bonds is 7. The molecule has 0 saturated carbocycles. The van der Waals surface area contributed by atoms with Crippen LogP contribution in [0.25, 0.3) is 0 Å². The van der Waals surface area contributed by atoms with Crippen molar-refractivity contribution in [2.75, 3.05) is 13.6 Å². The Labute approximate surface area is 88.2 Å². The van der Waals surface area contributed by atoms with Gasteiger partial charge in [-0.25, -0.2) is 4.79 Å². The van der Waals surface area contributed by atoms with Crippen molar-refractivity contribution >= 4 is 15.9 Å². The molecule has 0 fully saturated rings. The van der Waals surface area contributed by atoms with E-state index in [4.69, 9.17) is 9.53 Å². The largest absolute Gasteiger partial charge is 0.465 e. The van der Waals surface area contributed by atoms with Gasteiger partial charge in [0.1, 0.15) is 0 Å². The van der Waals surface area contributed by atoms with E-state index >= 15 is 0 Å². The summed E-state index contributed by atoms with van der Waals surface area (Å²) in [7, 11) is 1.05. The van der Waals surface area contributed by atoms with Crippen molar-refractivity contribution in [3.63, 3.8) is 0 Å². The molecule has 14 heavy (non-hydrogen) atoms. The maximum Gasteiger partial charge on any atom is 0.407 e. The van der Waals surface area contributed by atoms with Gasteiger partial charge in [0.15, 0.2) is 9.76 Å². The van der Waals surface area contributed by atoms with Crippen LogP contribution in [0.5, 0.6) is 0 Å². The second kappa shape index (κ2) is 7.81. The number of carbonyl (C=O) groups is 1. The van der Waals surface area contributed by atoms with E-state index < -0.39 is 15.9 Å². The summed E-state index contributed by atoms with van der Waals surface area (Å²) in [6, 6.07) is 0.902. The Bertz CT molecular complexity index is 162. The third kappa shape index (κ3) is 5.99. The molecule has 84 valence electrons. The van der Waals surface area contributed by atoms with E-state index in [-0.39, 0.29) is 0 Å². The van der Waals surface area contributed by atoms with Crippen molar-refractivity contribution in [3.8, 4) is 0 Å². The van der Waals surface area contributed by atoms with Gasteiger partial charge in [0.05, 0.1) is 0 Å². The molecule has 0 aliphatic heterocycles. The topological polar surface area (TPSA) is 49.8 Å². The van der Waals surface area contributed by atoms with E-state index in [1.165, 1.54) is 4.90 Å². The van der Waals surface area contributed by atoms with E-state index in [1.807, 2.05) is 0 Å². The predicted molar refractivity (Wildman–Crippen MR) is 59.5 cm³/mol. The molecule has 0 aliphatic carbocycles. The first-order valence-electron chi connectivity index (χ1n) is 5.17. The van der Waals surface area contributed by atoms with Gasteiger partial charge in [0.25, 0.3) is 0 Å². The average molecular weight is 219 g/mol. The van der Waals surface area contributed by atoms with Crippen molar-refractivity contribution in [2.45, 2.75) is 38.8 Å². The van der Waals surface area contributed by atoms with Crippen molar-refractivity contribution in [1.29, 1.82) is 0 Å². The molecule has 0 heterocycles. The Kier molecular flexibility index (Phi) is 7.51. The normalized spacial score (nSPS) is 11.4. The molecule has 0 aliphatic rings. The van der Waals surface area contributed by atoms with Crippen molar-refractivity contribution in [3.05, 3.63) is 0 Å². The van der Waals surface area contributed by atoms with Gasteiger partial charge in [0.2, 0.25) is 0 Å². The molecule has 4 nitrogen and oxygen atoms in total. The molecule has 0 aromatic heterocycles. The molecular formula is C9H21NO3Si. The van der Waals surface area contributed by atoms with Crippen LogP contribution in [-0.4, -0.2) is 45.6 Å². The summed E-state index contributed by atoms with van der Waals surface area (Å²) >= 11 is 0. The SMILES string of the molecule is CCC(CC)O[SiH2]CCN(C)C(=O)O. The van der Waals surface area contributed by atoms with Crippen LogP contribution in [0.1, 0.15) is 26.7 Å². The first kappa shape index (κ1) is 13.4. The molecule has 0 atom stereocenters. The third-order valence-electron chi connectivity index (χ3n) is 2.23. The summed E-state index contributed by atoms with van der Waals surface area (Å²) in [5.74, 6) is 0. The second-order valence-electron chi connectivity index (χ2n) is 3.37. The molecule has 0 rings (SSSR count). The number of amides is 1. The highest BCUT2D eigenvalue weighted by molar-refractivity contribution is 6.27. The van der Waals surface area contributed by atoms with E-state index in [0.29, 0.717) is 12.6 Å². The van der Waals surface area contributed by atoms with Crippen LogP contribution in [0.3, 0.4) is 0 Å². The summed E-state index contributed by atoms with van der Waals surface area (Å²) in [4.78, 5) is 11.7. The van der Waals surface area contributed by atoms with Gasteiger partial charge >= 0.3 is 6.09 Å². The molecule has 0 aromatic carbocycles. The van der Waals surface area contributed by atoms with Crippen molar-refractivity contribution in [2.24, 2.45) is 0 Å². The highest BCUT2D eigenvalue weighted by atomic mass is 28.2. The zero-order valence-corrected chi connectivity index (χ0v) is 10.7. The maximum atomic E-state index is 10.4. The summed E-state index contributed by atoms with van der Waals surface area (Å²) in [6.45, 7) is 4.83. The van der Waals surface area contributed by atoms with Gasteiger partial charge in [-0.1, -0.05) is 13.8 Å². The first-order valence-corrected chi connectivity index (χ1v) is 6.75. The quantitative estimate of drug-likeness (QED) is 0.519. The second-order valence-corrected chi connectivity index (χ2v) is 4.82. The minimum atomic E-state index is -0.860. The lowest BCUT2D eigenvalue weighted by molar-refractivity contribution is 0.157. The zero-order chi connectivity index (χ0) is 11.0. The highest BCUT2D eigenvalue weighted by Crippen LogP contribution is 2.02. The van der Waals surface area contributed by atoms with E-state index in [2.05, 4.69) is 13.8 Å². The van der Waals surface area contributed by atoms with Crippen LogP contribution in [-0.2, 0) is 4.43 Å². The summed E-state index contributed by atoms with van der Waals surface area (Å²) in [5.41, 5.74) is 0. The van der Waals surface area contributed by atoms with Gasteiger partial charge in [-0.3, -0.25) is 0 Å². The van der Waals surface area contributed by atoms with E-state index in [1.54, 1.807) is 7.05 Å². The van der Waals surface area contributed by atoms with Crippen LogP contribution in [0.2, 0.25) is 6.04 Å². The molecule has 1 amide bonds. The molecule has 1 N–H and O–H groups in total. The lowest BCUT2D eigenvalue weighted by atomic mass is 10.2. The van der Waals surface area contributed by atoms with Gasteiger partial charge in [-0.05, 0) is 18.9 Å². The Morgan fingerprint density at radius 1 is 1.50 bits per heavy atom. The van der Waals surface area contributed by atoms with E-state index in [9.17, 15) is 4.79 Å². The fourth-order valence-electron chi connectivity index (χ4n) is 1.17. The fourth-order valence-corrected chi connectivity index (χ4v) is 2.75. The number of hydrogen-bond acceptors (Lipinski definition) is 2. The smallest absolute Gasteiger partial charge is 0.407 e. The molecular weight excluding hydrogens is 198 g/mol. The Balaban J connectivity index is 3.41. The predicted octanol–water partition coefficient (Wildman–Crippen LogP) is 1.30. The molecule has 0 radical (unpaired) electrons. The monoisotopic (exact) mass is 219 g/mol. The fraction of sp³-hybridized carbons (Fsp3) is 0.889. The van der Waals surface area contributed by atoms with Crippen molar-refractivity contribution in [1.82, 2.24) is 4.90 Å². The van der Waals surface area contributed by atoms with Crippen LogP contribution in [0.4, 0.5) is 4.79 Å². The first-order chi connectivity index (χ1) is 6.61. The summed E-state index contributed by atoms with van der Waals surface area (Å²) < 4.78 is 5.69. The maximum absolute atomic E-state index is 10.4. The number of hydrogen-bond donors (Lipinski definition) is 1. The standard InChI is InChI=1S/C9H21NO3Si/c1-4-8(5-2)13-14-7-6-10(3)9(11)12/h8H,4-7,14H2,1-3H3,(H,11,12). The van der Waals surface area contributed by atoms with Crippen LogP contribution in [0, 0.1) is 0 Å². The minimum absolute atomic E-state index is 0.386. The Morgan fingerprint density at radius 3 is 2.50 bits per heavy atom. The van der Waals surface area contributed by atoms with Gasteiger partial charge in [-0.15, -0.1) is 0 Å². The molecule has 0 spiro atoms. The Morgan fingerprint density at radius 2 is 2.07 bits per heavy atom. The summed E-state index contributed by atoms with van der Waals surface area (Å²) in [6.07, 6.45) is 1.63.